The first-order valence-electron chi connectivity index (χ1n) is 8.58. The lowest BCUT2D eigenvalue weighted by Crippen LogP contribution is -2.59. The third kappa shape index (κ3) is 3.30. The zero-order valence-electron chi connectivity index (χ0n) is 15.3. The van der Waals surface area contributed by atoms with Crippen LogP contribution in [0.2, 0.25) is 0 Å². The Labute approximate surface area is 166 Å². The van der Waals surface area contributed by atoms with Crippen molar-refractivity contribution in [3.63, 3.8) is 0 Å². The Morgan fingerprint density at radius 3 is 2.30 bits per heavy atom. The van der Waals surface area contributed by atoms with Gasteiger partial charge in [-0.2, -0.15) is 0 Å². The predicted octanol–water partition coefficient (Wildman–Crippen LogP) is 4.14. The zero-order valence-corrected chi connectivity index (χ0v) is 16.9. The molecule has 1 fully saturated rings. The number of hydrogen-bond donors (Lipinski definition) is 1. The van der Waals surface area contributed by atoms with Gasteiger partial charge in [-0.1, -0.05) is 59.6 Å². The number of piperidine rings is 1. The van der Waals surface area contributed by atoms with Crippen LogP contribution in [0.5, 0.6) is 0 Å². The summed E-state index contributed by atoms with van der Waals surface area (Å²) in [6, 6.07) is 14.0. The van der Waals surface area contributed by atoms with Gasteiger partial charge in [-0.15, -0.1) is 0 Å². The predicted molar refractivity (Wildman–Crippen MR) is 105 cm³/mol. The van der Waals surface area contributed by atoms with E-state index in [2.05, 4.69) is 15.9 Å². The molecule has 3 rings (SSSR count). The summed E-state index contributed by atoms with van der Waals surface area (Å²) in [6.45, 7) is 5.30. The van der Waals surface area contributed by atoms with Gasteiger partial charge in [0.05, 0.1) is 11.1 Å². The molecule has 0 bridgehead atoms. The van der Waals surface area contributed by atoms with E-state index in [1.165, 1.54) is 0 Å². The standard InChI is InChI=1S/C21H20BrNO4/c1-12-7-9-15(10-8-12)23-18(24)16(19(25)26)17(21(2,3)20(23)27)13-5-4-6-14(22)11-13/h4-11,16-17H,1-3H3,(H,25,26). The molecular weight excluding hydrogens is 410 g/mol. The maximum absolute atomic E-state index is 13.3. The average molecular weight is 430 g/mol. The summed E-state index contributed by atoms with van der Waals surface area (Å²) in [7, 11) is 0. The van der Waals surface area contributed by atoms with Crippen molar-refractivity contribution in [3.8, 4) is 0 Å². The van der Waals surface area contributed by atoms with Crippen LogP contribution in [0, 0.1) is 18.3 Å². The fourth-order valence-corrected chi connectivity index (χ4v) is 4.13. The number of imide groups is 1. The van der Waals surface area contributed by atoms with Crippen LogP contribution in [0.4, 0.5) is 5.69 Å². The molecule has 0 aliphatic carbocycles. The summed E-state index contributed by atoms with van der Waals surface area (Å²) < 4.78 is 0.765. The van der Waals surface area contributed by atoms with Gasteiger partial charge in [0, 0.05) is 10.4 Å². The fraction of sp³-hybridized carbons (Fsp3) is 0.286. The molecule has 5 nitrogen and oxygen atoms in total. The molecule has 0 spiro atoms. The van der Waals surface area contributed by atoms with Gasteiger partial charge in [-0.3, -0.25) is 14.4 Å². The Morgan fingerprint density at radius 2 is 1.74 bits per heavy atom. The van der Waals surface area contributed by atoms with Crippen LogP contribution in [-0.4, -0.2) is 22.9 Å². The third-order valence-corrected chi connectivity index (χ3v) is 5.61. The Kier molecular flexibility index (Phi) is 4.95. The van der Waals surface area contributed by atoms with Crippen molar-refractivity contribution in [2.24, 2.45) is 11.3 Å². The number of rotatable bonds is 3. The van der Waals surface area contributed by atoms with Crippen molar-refractivity contribution in [3.05, 3.63) is 64.1 Å². The fourth-order valence-electron chi connectivity index (χ4n) is 3.72. The van der Waals surface area contributed by atoms with Gasteiger partial charge in [-0.05, 0) is 36.8 Å². The first-order valence-corrected chi connectivity index (χ1v) is 9.37. The van der Waals surface area contributed by atoms with E-state index in [0.29, 0.717) is 11.3 Å². The third-order valence-electron chi connectivity index (χ3n) is 5.12. The second-order valence-electron chi connectivity index (χ2n) is 7.38. The van der Waals surface area contributed by atoms with E-state index in [1.807, 2.05) is 13.0 Å². The van der Waals surface area contributed by atoms with E-state index in [0.717, 1.165) is 14.9 Å². The van der Waals surface area contributed by atoms with Gasteiger partial charge in [0.2, 0.25) is 11.8 Å². The molecule has 2 atom stereocenters. The largest absolute Gasteiger partial charge is 0.481 e. The monoisotopic (exact) mass is 429 g/mol. The molecule has 0 saturated carbocycles. The molecule has 27 heavy (non-hydrogen) atoms. The number of anilines is 1. The molecule has 140 valence electrons. The molecule has 1 aliphatic rings. The minimum atomic E-state index is -1.35. The van der Waals surface area contributed by atoms with Crippen LogP contribution in [-0.2, 0) is 14.4 Å². The van der Waals surface area contributed by atoms with Gasteiger partial charge in [0.15, 0.2) is 0 Å². The van der Waals surface area contributed by atoms with Gasteiger partial charge in [0.1, 0.15) is 5.92 Å². The van der Waals surface area contributed by atoms with E-state index in [4.69, 9.17) is 0 Å². The summed E-state index contributed by atoms with van der Waals surface area (Å²) in [5.74, 6) is -4.47. The lowest BCUT2D eigenvalue weighted by molar-refractivity contribution is -0.154. The number of carboxylic acids is 1. The minimum Gasteiger partial charge on any atom is -0.481 e. The Morgan fingerprint density at radius 1 is 1.11 bits per heavy atom. The summed E-state index contributed by atoms with van der Waals surface area (Å²) in [4.78, 5) is 39.5. The van der Waals surface area contributed by atoms with Crippen LogP contribution < -0.4 is 4.90 Å². The topological polar surface area (TPSA) is 74.7 Å². The molecule has 0 radical (unpaired) electrons. The number of aryl methyl sites for hydroxylation is 1. The molecular formula is C21H20BrNO4. The number of benzene rings is 2. The number of nitrogens with zero attached hydrogens (tertiary/aromatic N) is 1. The zero-order chi connectivity index (χ0) is 19.9. The molecule has 2 unspecified atom stereocenters. The molecule has 1 saturated heterocycles. The van der Waals surface area contributed by atoms with Crippen molar-refractivity contribution in [1.29, 1.82) is 0 Å². The minimum absolute atomic E-state index is 0.391. The van der Waals surface area contributed by atoms with Crippen molar-refractivity contribution < 1.29 is 19.5 Å². The van der Waals surface area contributed by atoms with E-state index in [9.17, 15) is 19.5 Å². The number of aliphatic carboxylic acids is 1. The molecule has 6 heteroatoms. The second-order valence-corrected chi connectivity index (χ2v) is 8.30. The number of hydrogen-bond acceptors (Lipinski definition) is 3. The molecule has 2 aromatic rings. The molecule has 0 aromatic heterocycles. The van der Waals surface area contributed by atoms with Crippen molar-refractivity contribution >= 4 is 39.4 Å². The normalized spacial score (nSPS) is 22.0. The summed E-state index contributed by atoms with van der Waals surface area (Å²) in [6.07, 6.45) is 0. The number of halogens is 1. The second kappa shape index (κ2) is 6.93. The summed E-state index contributed by atoms with van der Waals surface area (Å²) in [5.41, 5.74) is 0.939. The van der Waals surface area contributed by atoms with Crippen molar-refractivity contribution in [2.45, 2.75) is 26.7 Å². The van der Waals surface area contributed by atoms with E-state index >= 15 is 0 Å². The van der Waals surface area contributed by atoms with Crippen LogP contribution in [0.3, 0.4) is 0 Å². The Balaban J connectivity index is 2.16. The summed E-state index contributed by atoms with van der Waals surface area (Å²) in [5, 5.41) is 9.87. The average Bonchev–Trinajstić information content (AvgIpc) is 2.59. The van der Waals surface area contributed by atoms with Crippen LogP contribution >= 0.6 is 15.9 Å². The lowest BCUT2D eigenvalue weighted by Gasteiger charge is -2.45. The van der Waals surface area contributed by atoms with E-state index in [1.54, 1.807) is 56.3 Å². The molecule has 1 heterocycles. The number of amides is 2. The van der Waals surface area contributed by atoms with Crippen LogP contribution in [0.25, 0.3) is 0 Å². The number of carboxylic acid groups (broad SMARTS) is 1. The first-order chi connectivity index (χ1) is 12.6. The van der Waals surface area contributed by atoms with Gasteiger partial charge in [0.25, 0.3) is 0 Å². The maximum Gasteiger partial charge on any atom is 0.316 e. The van der Waals surface area contributed by atoms with Crippen molar-refractivity contribution in [2.75, 3.05) is 4.90 Å². The van der Waals surface area contributed by atoms with E-state index in [-0.39, 0.29) is 0 Å². The van der Waals surface area contributed by atoms with Gasteiger partial charge >= 0.3 is 5.97 Å². The highest BCUT2D eigenvalue weighted by atomic mass is 79.9. The van der Waals surface area contributed by atoms with E-state index < -0.39 is 35.0 Å². The summed E-state index contributed by atoms with van der Waals surface area (Å²) >= 11 is 3.38. The quantitative estimate of drug-likeness (QED) is 0.587. The first kappa shape index (κ1) is 19.3. The Bertz CT molecular complexity index is 920. The van der Waals surface area contributed by atoms with Crippen LogP contribution in [0.15, 0.2) is 53.0 Å². The lowest BCUT2D eigenvalue weighted by atomic mass is 9.64. The smallest absolute Gasteiger partial charge is 0.316 e. The molecule has 1 N–H and O–H groups in total. The highest BCUT2D eigenvalue weighted by Crippen LogP contribution is 2.48. The highest BCUT2D eigenvalue weighted by molar-refractivity contribution is 9.10. The number of carbonyl (C=O) groups is 3. The molecule has 1 aliphatic heterocycles. The van der Waals surface area contributed by atoms with Crippen LogP contribution in [0.1, 0.15) is 30.9 Å². The van der Waals surface area contributed by atoms with Crippen molar-refractivity contribution in [1.82, 2.24) is 0 Å². The molecule has 2 aromatic carbocycles. The maximum atomic E-state index is 13.3. The SMILES string of the molecule is Cc1ccc(N2C(=O)C(C(=O)O)C(c3cccc(Br)c3)C(C)(C)C2=O)cc1. The van der Waals surface area contributed by atoms with Gasteiger partial charge < -0.3 is 5.11 Å². The highest BCUT2D eigenvalue weighted by Gasteiger charge is 2.56. The molecule has 2 amide bonds. The number of carbonyl (C=O) groups excluding carboxylic acids is 2. The Hall–Kier alpha value is -2.47. The van der Waals surface area contributed by atoms with Gasteiger partial charge in [-0.25, -0.2) is 4.90 Å².